The van der Waals surface area contributed by atoms with E-state index in [4.69, 9.17) is 4.74 Å². The second kappa shape index (κ2) is 8.33. The van der Waals surface area contributed by atoms with Crippen LogP contribution in [0.1, 0.15) is 21.5 Å². The first-order chi connectivity index (χ1) is 12.2. The highest BCUT2D eigenvalue weighted by Crippen LogP contribution is 2.16. The Balaban J connectivity index is 1.88. The minimum atomic E-state index is -3.50. The summed E-state index contributed by atoms with van der Waals surface area (Å²) < 4.78 is 30.8. The van der Waals surface area contributed by atoms with Gasteiger partial charge in [-0.1, -0.05) is 6.07 Å². The zero-order valence-corrected chi connectivity index (χ0v) is 16.3. The van der Waals surface area contributed by atoms with Crippen molar-refractivity contribution >= 4 is 15.9 Å². The number of rotatable bonds is 7. The third-order valence-electron chi connectivity index (χ3n) is 3.75. The zero-order valence-electron chi connectivity index (χ0n) is 15.4. The summed E-state index contributed by atoms with van der Waals surface area (Å²) in [6.45, 7) is 4.70. The summed E-state index contributed by atoms with van der Waals surface area (Å²) in [6, 6.07) is 11.8. The van der Waals surface area contributed by atoms with E-state index in [-0.39, 0.29) is 10.8 Å². The highest BCUT2D eigenvalue weighted by molar-refractivity contribution is 7.89. The van der Waals surface area contributed by atoms with Crippen LogP contribution in [0, 0.1) is 13.8 Å². The number of nitrogens with zero attached hydrogens (tertiary/aromatic N) is 1. The molecule has 0 aromatic heterocycles. The van der Waals surface area contributed by atoms with Gasteiger partial charge in [0.2, 0.25) is 10.0 Å². The first kappa shape index (κ1) is 19.9. The van der Waals surface area contributed by atoms with E-state index in [2.05, 4.69) is 11.4 Å². The van der Waals surface area contributed by atoms with Gasteiger partial charge in [0.15, 0.2) is 0 Å². The number of carbonyl (C=O) groups is 1. The van der Waals surface area contributed by atoms with Crippen LogP contribution in [0.4, 0.5) is 0 Å². The van der Waals surface area contributed by atoms with E-state index in [1.165, 1.54) is 38.4 Å². The van der Waals surface area contributed by atoms with Gasteiger partial charge in [0, 0.05) is 19.7 Å². The van der Waals surface area contributed by atoms with Crippen LogP contribution in [-0.2, 0) is 10.0 Å². The summed E-state index contributed by atoms with van der Waals surface area (Å²) in [5.74, 6) is 0.498. The largest absolute Gasteiger partial charge is 0.492 e. The number of aryl methyl sites for hydroxylation is 2. The molecule has 0 unspecified atom stereocenters. The number of sulfonamides is 1. The lowest BCUT2D eigenvalue weighted by atomic mass is 10.1. The first-order valence-corrected chi connectivity index (χ1v) is 9.66. The SMILES string of the molecule is Cc1cc(C)cc(OCCNC(=O)c2ccc(S(=O)(=O)N(C)C)cc2)c1. The number of benzene rings is 2. The molecule has 0 bridgehead atoms. The van der Waals surface area contributed by atoms with Crippen LogP contribution in [0.25, 0.3) is 0 Å². The number of carbonyl (C=O) groups excluding carboxylic acids is 1. The Hall–Kier alpha value is -2.38. The monoisotopic (exact) mass is 376 g/mol. The zero-order chi connectivity index (χ0) is 19.3. The average Bonchev–Trinajstić information content (AvgIpc) is 2.57. The maximum Gasteiger partial charge on any atom is 0.251 e. The molecule has 1 amide bonds. The summed E-state index contributed by atoms with van der Waals surface area (Å²) in [6.07, 6.45) is 0. The molecule has 0 aliphatic carbocycles. The Morgan fingerprint density at radius 2 is 1.62 bits per heavy atom. The molecular weight excluding hydrogens is 352 g/mol. The van der Waals surface area contributed by atoms with Crippen LogP contribution in [-0.4, -0.2) is 45.9 Å². The lowest BCUT2D eigenvalue weighted by molar-refractivity contribution is 0.0947. The van der Waals surface area contributed by atoms with Gasteiger partial charge in [-0.25, -0.2) is 12.7 Å². The van der Waals surface area contributed by atoms with Crippen molar-refractivity contribution in [3.63, 3.8) is 0 Å². The van der Waals surface area contributed by atoms with Crippen LogP contribution < -0.4 is 10.1 Å². The molecule has 0 atom stereocenters. The van der Waals surface area contributed by atoms with Crippen LogP contribution in [0.2, 0.25) is 0 Å². The molecule has 0 saturated heterocycles. The Kier molecular flexibility index (Phi) is 6.39. The number of nitrogens with one attached hydrogen (secondary N) is 1. The highest BCUT2D eigenvalue weighted by Gasteiger charge is 2.17. The van der Waals surface area contributed by atoms with Crippen molar-refractivity contribution < 1.29 is 17.9 Å². The Morgan fingerprint density at radius 1 is 1.04 bits per heavy atom. The van der Waals surface area contributed by atoms with Gasteiger partial charge in [-0.05, 0) is 61.4 Å². The van der Waals surface area contributed by atoms with Gasteiger partial charge < -0.3 is 10.1 Å². The van der Waals surface area contributed by atoms with Gasteiger partial charge in [-0.3, -0.25) is 4.79 Å². The summed E-state index contributed by atoms with van der Waals surface area (Å²) in [4.78, 5) is 12.3. The third kappa shape index (κ3) is 5.06. The fraction of sp³-hybridized carbons (Fsp3) is 0.316. The quantitative estimate of drug-likeness (QED) is 0.753. The number of hydrogen-bond acceptors (Lipinski definition) is 4. The summed E-state index contributed by atoms with van der Waals surface area (Å²) in [5.41, 5.74) is 2.64. The van der Waals surface area contributed by atoms with Crippen molar-refractivity contribution in [3.8, 4) is 5.75 Å². The lowest BCUT2D eigenvalue weighted by Gasteiger charge is -2.12. The molecule has 2 aromatic carbocycles. The second-order valence-electron chi connectivity index (χ2n) is 6.24. The molecule has 0 saturated carbocycles. The average molecular weight is 376 g/mol. The van der Waals surface area contributed by atoms with Crippen molar-refractivity contribution in [3.05, 3.63) is 59.2 Å². The Labute approximate surface area is 154 Å². The molecule has 2 aromatic rings. The molecule has 0 heterocycles. The molecular formula is C19H24N2O4S. The minimum Gasteiger partial charge on any atom is -0.492 e. The van der Waals surface area contributed by atoms with Gasteiger partial charge in [0.05, 0.1) is 11.4 Å². The second-order valence-corrected chi connectivity index (χ2v) is 8.39. The van der Waals surface area contributed by atoms with E-state index in [0.717, 1.165) is 21.2 Å². The fourth-order valence-electron chi connectivity index (χ4n) is 2.44. The van der Waals surface area contributed by atoms with E-state index in [0.29, 0.717) is 18.7 Å². The van der Waals surface area contributed by atoms with E-state index in [1.807, 2.05) is 26.0 Å². The standard InChI is InChI=1S/C19H24N2O4S/c1-14-11-15(2)13-17(12-14)25-10-9-20-19(22)16-5-7-18(8-6-16)26(23,24)21(3)4/h5-8,11-13H,9-10H2,1-4H3,(H,20,22). The van der Waals surface area contributed by atoms with Crippen molar-refractivity contribution in [2.24, 2.45) is 0 Å². The van der Waals surface area contributed by atoms with Crippen LogP contribution in [0.5, 0.6) is 5.75 Å². The van der Waals surface area contributed by atoms with Gasteiger partial charge in [0.25, 0.3) is 5.91 Å². The van der Waals surface area contributed by atoms with Gasteiger partial charge in [-0.2, -0.15) is 0 Å². The molecule has 0 aliphatic rings. The predicted molar refractivity (Wildman–Crippen MR) is 101 cm³/mol. The molecule has 6 nitrogen and oxygen atoms in total. The van der Waals surface area contributed by atoms with Crippen LogP contribution in [0.15, 0.2) is 47.4 Å². The number of amides is 1. The molecule has 0 radical (unpaired) electrons. The molecule has 26 heavy (non-hydrogen) atoms. The van der Waals surface area contributed by atoms with E-state index in [9.17, 15) is 13.2 Å². The Morgan fingerprint density at radius 3 is 2.15 bits per heavy atom. The summed E-state index contributed by atoms with van der Waals surface area (Å²) in [7, 11) is -0.568. The minimum absolute atomic E-state index is 0.150. The van der Waals surface area contributed by atoms with Crippen molar-refractivity contribution in [2.75, 3.05) is 27.2 Å². The van der Waals surface area contributed by atoms with Crippen molar-refractivity contribution in [2.45, 2.75) is 18.7 Å². The van der Waals surface area contributed by atoms with Crippen molar-refractivity contribution in [1.82, 2.24) is 9.62 Å². The maximum atomic E-state index is 12.1. The molecule has 7 heteroatoms. The number of ether oxygens (including phenoxy) is 1. The molecule has 0 fully saturated rings. The predicted octanol–water partition coefficient (Wildman–Crippen LogP) is 2.36. The molecule has 0 spiro atoms. The number of hydrogen-bond donors (Lipinski definition) is 1. The lowest BCUT2D eigenvalue weighted by Crippen LogP contribution is -2.28. The topological polar surface area (TPSA) is 75.7 Å². The summed E-state index contributed by atoms with van der Waals surface area (Å²) in [5, 5.41) is 2.76. The van der Waals surface area contributed by atoms with Crippen molar-refractivity contribution in [1.29, 1.82) is 0 Å². The van der Waals surface area contributed by atoms with Crippen LogP contribution in [0.3, 0.4) is 0 Å². The molecule has 2 rings (SSSR count). The van der Waals surface area contributed by atoms with E-state index >= 15 is 0 Å². The van der Waals surface area contributed by atoms with Gasteiger partial charge in [-0.15, -0.1) is 0 Å². The van der Waals surface area contributed by atoms with Gasteiger partial charge >= 0.3 is 0 Å². The third-order valence-corrected chi connectivity index (χ3v) is 5.58. The molecule has 0 aliphatic heterocycles. The Bertz CT molecular complexity index is 855. The normalized spacial score (nSPS) is 11.4. The molecule has 140 valence electrons. The smallest absolute Gasteiger partial charge is 0.251 e. The van der Waals surface area contributed by atoms with Gasteiger partial charge in [0.1, 0.15) is 12.4 Å². The highest BCUT2D eigenvalue weighted by atomic mass is 32.2. The summed E-state index contributed by atoms with van der Waals surface area (Å²) >= 11 is 0. The molecule has 1 N–H and O–H groups in total. The van der Waals surface area contributed by atoms with E-state index < -0.39 is 10.0 Å². The van der Waals surface area contributed by atoms with E-state index in [1.54, 1.807) is 0 Å². The first-order valence-electron chi connectivity index (χ1n) is 8.22. The fourth-order valence-corrected chi connectivity index (χ4v) is 3.34. The van der Waals surface area contributed by atoms with Crippen LogP contribution >= 0.6 is 0 Å². The maximum absolute atomic E-state index is 12.1.